The summed E-state index contributed by atoms with van der Waals surface area (Å²) in [6.07, 6.45) is 9.57. The molecule has 2 aliphatic carbocycles. The number of rotatable bonds is 4. The Labute approximate surface area is 303 Å². The van der Waals surface area contributed by atoms with Crippen molar-refractivity contribution in [3.8, 4) is 22.3 Å². The molecule has 8 aromatic rings. The molecule has 0 saturated carbocycles. The van der Waals surface area contributed by atoms with Crippen molar-refractivity contribution in [2.24, 2.45) is 0 Å². The van der Waals surface area contributed by atoms with Gasteiger partial charge in [-0.1, -0.05) is 146 Å². The zero-order chi connectivity index (χ0) is 34.6. The van der Waals surface area contributed by atoms with Crippen molar-refractivity contribution in [1.29, 1.82) is 0 Å². The summed E-state index contributed by atoms with van der Waals surface area (Å²) in [5.41, 5.74) is 15.8. The van der Waals surface area contributed by atoms with Crippen molar-refractivity contribution < 1.29 is 4.42 Å². The minimum Gasteiger partial charge on any atom is -0.456 e. The van der Waals surface area contributed by atoms with Crippen molar-refractivity contribution in [1.82, 2.24) is 0 Å². The third-order valence-corrected chi connectivity index (χ3v) is 11.0. The molecule has 1 spiro atoms. The van der Waals surface area contributed by atoms with Crippen molar-refractivity contribution in [3.05, 3.63) is 217 Å². The molecule has 2 aliphatic rings. The van der Waals surface area contributed by atoms with E-state index in [1.807, 2.05) is 12.1 Å². The largest absolute Gasteiger partial charge is 0.456 e. The summed E-state index contributed by atoms with van der Waals surface area (Å²) in [4.78, 5) is 2.38. The number of anilines is 3. The van der Waals surface area contributed by atoms with Gasteiger partial charge in [0.2, 0.25) is 0 Å². The Bertz CT molecular complexity index is 2730. The summed E-state index contributed by atoms with van der Waals surface area (Å²) in [5, 5.41) is 2.22. The number of allylic oxidation sites excluding steroid dienone is 5. The van der Waals surface area contributed by atoms with Gasteiger partial charge in [0.25, 0.3) is 0 Å². The quantitative estimate of drug-likeness (QED) is 0.186. The molecule has 2 heteroatoms. The van der Waals surface area contributed by atoms with E-state index in [0.29, 0.717) is 0 Å². The summed E-state index contributed by atoms with van der Waals surface area (Å²) < 4.78 is 6.26. The number of hydrogen-bond donors (Lipinski definition) is 0. The predicted octanol–water partition coefficient (Wildman–Crippen LogP) is 13.6. The van der Waals surface area contributed by atoms with Gasteiger partial charge in [0.15, 0.2) is 0 Å². The molecule has 0 fully saturated rings. The van der Waals surface area contributed by atoms with E-state index in [2.05, 4.69) is 187 Å². The summed E-state index contributed by atoms with van der Waals surface area (Å²) in [5.74, 6) is 0. The second-order valence-electron chi connectivity index (χ2n) is 13.8. The third kappa shape index (κ3) is 4.65. The van der Waals surface area contributed by atoms with Gasteiger partial charge in [0.05, 0.1) is 5.41 Å². The molecule has 52 heavy (non-hydrogen) atoms. The van der Waals surface area contributed by atoms with Crippen LogP contribution >= 0.6 is 0 Å². The molecule has 0 aliphatic heterocycles. The zero-order valence-electron chi connectivity index (χ0n) is 28.7. The Morgan fingerprint density at radius 2 is 1.10 bits per heavy atom. The van der Waals surface area contributed by atoms with Crippen LogP contribution in [0, 0.1) is 0 Å². The second-order valence-corrected chi connectivity index (χ2v) is 13.8. The minimum atomic E-state index is -0.358. The summed E-state index contributed by atoms with van der Waals surface area (Å²) in [7, 11) is 0. The van der Waals surface area contributed by atoms with E-state index < -0.39 is 0 Å². The van der Waals surface area contributed by atoms with Crippen LogP contribution in [-0.2, 0) is 5.41 Å². The topological polar surface area (TPSA) is 16.4 Å². The first kappa shape index (κ1) is 30.2. The molecule has 1 aromatic heterocycles. The highest BCUT2D eigenvalue weighted by Crippen LogP contribution is 2.57. The van der Waals surface area contributed by atoms with Gasteiger partial charge in [-0.25, -0.2) is 0 Å². The van der Waals surface area contributed by atoms with Gasteiger partial charge in [-0.15, -0.1) is 0 Å². The standard InChI is InChI=1S/C50H35NO/c1-34-14-4-3-13-31-50(45-20-10-7-17-40(34)45)46-21-11-8-18-41(46)43-32-38(27-29-47(43)50)51(37-25-23-36(24-26-37)35-15-5-2-6-16-35)39-28-30-49-44(33-39)42-19-9-12-22-48(42)52-49/h2-30,32-33H,1,31H2/b13-3-,14-4-. The van der Waals surface area contributed by atoms with Crippen molar-refractivity contribution in [2.45, 2.75) is 11.8 Å². The fourth-order valence-corrected chi connectivity index (χ4v) is 8.58. The first-order chi connectivity index (χ1) is 25.7. The van der Waals surface area contributed by atoms with E-state index in [1.165, 1.54) is 44.5 Å². The predicted molar refractivity (Wildman–Crippen MR) is 218 cm³/mol. The number of furan rings is 1. The van der Waals surface area contributed by atoms with Gasteiger partial charge in [-0.3, -0.25) is 0 Å². The summed E-state index contributed by atoms with van der Waals surface area (Å²) in [6.45, 7) is 4.50. The highest BCUT2D eigenvalue weighted by Gasteiger charge is 2.45. The maximum atomic E-state index is 6.26. The van der Waals surface area contributed by atoms with Crippen molar-refractivity contribution in [2.75, 3.05) is 4.90 Å². The Hall–Kier alpha value is -6.64. The molecule has 0 N–H and O–H groups in total. The van der Waals surface area contributed by atoms with Crippen LogP contribution in [0.4, 0.5) is 17.1 Å². The lowest BCUT2D eigenvalue weighted by Crippen LogP contribution is -2.27. The monoisotopic (exact) mass is 665 g/mol. The molecular formula is C50H35NO. The third-order valence-electron chi connectivity index (χ3n) is 11.0. The van der Waals surface area contributed by atoms with Gasteiger partial charge < -0.3 is 9.32 Å². The Kier molecular flexibility index (Phi) is 6.97. The smallest absolute Gasteiger partial charge is 0.135 e. The van der Waals surface area contributed by atoms with E-state index in [1.54, 1.807) is 0 Å². The molecule has 0 saturated heterocycles. The van der Waals surface area contributed by atoms with Crippen molar-refractivity contribution in [3.63, 3.8) is 0 Å². The number of para-hydroxylation sites is 1. The Morgan fingerprint density at radius 3 is 1.94 bits per heavy atom. The molecule has 0 amide bonds. The molecule has 1 heterocycles. The van der Waals surface area contributed by atoms with Crippen LogP contribution in [0.15, 0.2) is 199 Å². The van der Waals surface area contributed by atoms with Crippen LogP contribution in [-0.4, -0.2) is 0 Å². The number of benzene rings is 7. The van der Waals surface area contributed by atoms with Crippen LogP contribution in [0.3, 0.4) is 0 Å². The highest BCUT2D eigenvalue weighted by molar-refractivity contribution is 6.06. The summed E-state index contributed by atoms with van der Waals surface area (Å²) in [6, 6.07) is 59.2. The van der Waals surface area contributed by atoms with E-state index in [9.17, 15) is 0 Å². The average Bonchev–Trinajstić information content (AvgIpc) is 3.73. The van der Waals surface area contributed by atoms with Gasteiger partial charge in [0.1, 0.15) is 11.2 Å². The minimum absolute atomic E-state index is 0.358. The fraction of sp³-hybridized carbons (Fsp3) is 0.0400. The average molecular weight is 666 g/mol. The molecule has 10 rings (SSSR count). The van der Waals surface area contributed by atoms with Gasteiger partial charge >= 0.3 is 0 Å². The van der Waals surface area contributed by atoms with E-state index in [4.69, 9.17) is 4.42 Å². The normalized spacial score (nSPS) is 17.2. The van der Waals surface area contributed by atoms with Crippen LogP contribution in [0.25, 0.3) is 49.8 Å². The maximum absolute atomic E-state index is 6.26. The molecule has 1 atom stereocenters. The number of nitrogens with zero attached hydrogens (tertiary/aromatic N) is 1. The summed E-state index contributed by atoms with van der Waals surface area (Å²) >= 11 is 0. The van der Waals surface area contributed by atoms with Crippen LogP contribution in [0.1, 0.15) is 28.7 Å². The van der Waals surface area contributed by atoms with Gasteiger partial charge in [0, 0.05) is 27.8 Å². The molecule has 246 valence electrons. The van der Waals surface area contributed by atoms with Gasteiger partial charge in [-0.05, 0) is 105 Å². The lowest BCUT2D eigenvalue weighted by molar-refractivity contribution is 0.643. The van der Waals surface area contributed by atoms with Crippen LogP contribution < -0.4 is 4.90 Å². The SMILES string of the molecule is C=C1/C=C\C=C/CC2(c3ccccc31)c1ccccc1-c1cc(N(c3ccc(-c4ccccc4)cc3)c3ccc4oc5ccccc5c4c3)ccc12. The molecule has 1 unspecified atom stereocenters. The van der Waals surface area contributed by atoms with Crippen molar-refractivity contribution >= 4 is 44.6 Å². The maximum Gasteiger partial charge on any atom is 0.135 e. The lowest BCUT2D eigenvalue weighted by atomic mass is 9.68. The number of hydrogen-bond acceptors (Lipinski definition) is 2. The molecule has 7 aromatic carbocycles. The Balaban J connectivity index is 1.19. The Morgan fingerprint density at radius 1 is 0.481 bits per heavy atom. The highest BCUT2D eigenvalue weighted by atomic mass is 16.3. The fourth-order valence-electron chi connectivity index (χ4n) is 8.58. The molecule has 0 bridgehead atoms. The van der Waals surface area contributed by atoms with Gasteiger partial charge in [-0.2, -0.15) is 0 Å². The van der Waals surface area contributed by atoms with E-state index >= 15 is 0 Å². The van der Waals surface area contributed by atoms with Crippen LogP contribution in [0.2, 0.25) is 0 Å². The first-order valence-corrected chi connectivity index (χ1v) is 17.9. The van der Waals surface area contributed by atoms with Crippen LogP contribution in [0.5, 0.6) is 0 Å². The first-order valence-electron chi connectivity index (χ1n) is 17.9. The van der Waals surface area contributed by atoms with E-state index in [-0.39, 0.29) is 5.41 Å². The van der Waals surface area contributed by atoms with E-state index in [0.717, 1.165) is 51.0 Å². The lowest BCUT2D eigenvalue weighted by Gasteiger charge is -2.34. The molecule has 2 nitrogen and oxygen atoms in total. The molecular weight excluding hydrogens is 631 g/mol. The molecule has 0 radical (unpaired) electrons. The zero-order valence-corrected chi connectivity index (χ0v) is 28.7. The number of fused-ring (bicyclic) bond motifs is 10. The second kappa shape index (κ2) is 12.0.